The molecule has 2 heterocycles. The SMILES string of the molecule is Oc1cccnc1CNCc1ccc(CN[C@H]2CCCC[C@H]2NCc2nc3ccccc3[nH]2)cc1. The van der Waals surface area contributed by atoms with Crippen molar-refractivity contribution in [1.82, 2.24) is 30.9 Å². The first-order chi connectivity index (χ1) is 17.2. The Hall–Kier alpha value is -3.26. The first kappa shape index (κ1) is 23.5. The van der Waals surface area contributed by atoms with Gasteiger partial charge in [0.2, 0.25) is 0 Å². The monoisotopic (exact) mass is 470 g/mol. The standard InChI is InChI=1S/C28H34N6O/c35-27-10-5-15-30-26(27)18-29-16-20-11-13-21(14-12-20)17-31-22-6-1-2-7-23(22)32-19-28-33-24-8-3-4-9-25(24)34-28/h3-5,8-15,22-23,29,31-32,35H,1-2,6-7,16-19H2,(H,33,34)/t22-,23+/m0/s1. The Morgan fingerprint density at radius 3 is 2.26 bits per heavy atom. The van der Waals surface area contributed by atoms with Crippen LogP contribution in [0, 0.1) is 0 Å². The van der Waals surface area contributed by atoms with Crippen LogP contribution in [0.3, 0.4) is 0 Å². The molecular weight excluding hydrogens is 436 g/mol. The second-order valence-corrected chi connectivity index (χ2v) is 9.35. The molecule has 0 amide bonds. The lowest BCUT2D eigenvalue weighted by Gasteiger charge is -2.33. The predicted molar refractivity (Wildman–Crippen MR) is 139 cm³/mol. The molecule has 7 heteroatoms. The number of nitrogens with one attached hydrogen (secondary N) is 4. The summed E-state index contributed by atoms with van der Waals surface area (Å²) in [7, 11) is 0. The van der Waals surface area contributed by atoms with Crippen LogP contribution in [-0.4, -0.2) is 32.1 Å². The fourth-order valence-electron chi connectivity index (χ4n) is 4.85. The molecule has 2 atom stereocenters. The number of nitrogens with zero attached hydrogens (tertiary/aromatic N) is 2. The molecule has 35 heavy (non-hydrogen) atoms. The maximum Gasteiger partial charge on any atom is 0.138 e. The molecule has 4 aromatic rings. The van der Waals surface area contributed by atoms with Crippen molar-refractivity contribution in [2.24, 2.45) is 0 Å². The number of H-pyrrole nitrogens is 1. The smallest absolute Gasteiger partial charge is 0.138 e. The second-order valence-electron chi connectivity index (χ2n) is 9.35. The van der Waals surface area contributed by atoms with Crippen LogP contribution in [0.15, 0.2) is 66.9 Å². The number of aromatic amines is 1. The van der Waals surface area contributed by atoms with Crippen molar-refractivity contribution in [2.45, 2.75) is 63.9 Å². The second kappa shape index (κ2) is 11.4. The largest absolute Gasteiger partial charge is 0.506 e. The number of imidazole rings is 1. The van der Waals surface area contributed by atoms with Gasteiger partial charge in [-0.3, -0.25) is 4.98 Å². The van der Waals surface area contributed by atoms with E-state index in [1.54, 1.807) is 18.3 Å². The summed E-state index contributed by atoms with van der Waals surface area (Å²) in [6.07, 6.45) is 6.63. The Kier molecular flexibility index (Phi) is 7.68. The number of para-hydroxylation sites is 2. The van der Waals surface area contributed by atoms with Crippen LogP contribution in [0.4, 0.5) is 0 Å². The highest BCUT2D eigenvalue weighted by molar-refractivity contribution is 5.74. The Bertz CT molecular complexity index is 1190. The van der Waals surface area contributed by atoms with Crippen molar-refractivity contribution in [2.75, 3.05) is 0 Å². The van der Waals surface area contributed by atoms with Crippen molar-refractivity contribution >= 4 is 11.0 Å². The van der Waals surface area contributed by atoms with Gasteiger partial charge in [-0.1, -0.05) is 49.2 Å². The van der Waals surface area contributed by atoms with Crippen molar-refractivity contribution < 1.29 is 5.11 Å². The third-order valence-corrected chi connectivity index (χ3v) is 6.82. The third-order valence-electron chi connectivity index (χ3n) is 6.82. The molecule has 182 valence electrons. The molecule has 0 spiro atoms. The fourth-order valence-corrected chi connectivity index (χ4v) is 4.85. The van der Waals surface area contributed by atoms with E-state index >= 15 is 0 Å². The van der Waals surface area contributed by atoms with Crippen LogP contribution in [0.5, 0.6) is 5.75 Å². The van der Waals surface area contributed by atoms with Gasteiger partial charge >= 0.3 is 0 Å². The molecule has 2 aromatic heterocycles. The van der Waals surface area contributed by atoms with Gasteiger partial charge in [0, 0.05) is 37.9 Å². The number of aromatic nitrogens is 3. The van der Waals surface area contributed by atoms with Crippen LogP contribution in [0.2, 0.25) is 0 Å². The number of hydrogen-bond acceptors (Lipinski definition) is 6. The lowest BCUT2D eigenvalue weighted by Crippen LogP contribution is -2.49. The third kappa shape index (κ3) is 6.25. The Balaban J connectivity index is 1.09. The first-order valence-corrected chi connectivity index (χ1v) is 12.6. The molecule has 1 aliphatic rings. The highest BCUT2D eigenvalue weighted by Crippen LogP contribution is 2.20. The molecular formula is C28H34N6O. The number of hydrogen-bond donors (Lipinski definition) is 5. The van der Waals surface area contributed by atoms with Gasteiger partial charge < -0.3 is 26.0 Å². The van der Waals surface area contributed by atoms with Gasteiger partial charge in [-0.15, -0.1) is 0 Å². The van der Waals surface area contributed by atoms with Crippen LogP contribution >= 0.6 is 0 Å². The lowest BCUT2D eigenvalue weighted by atomic mass is 9.90. The summed E-state index contributed by atoms with van der Waals surface area (Å²) in [6.45, 7) is 2.90. The first-order valence-electron chi connectivity index (χ1n) is 12.6. The Morgan fingerprint density at radius 2 is 1.51 bits per heavy atom. The predicted octanol–water partition coefficient (Wildman–Crippen LogP) is 4.14. The zero-order valence-corrected chi connectivity index (χ0v) is 20.0. The van der Waals surface area contributed by atoms with Crippen molar-refractivity contribution in [3.63, 3.8) is 0 Å². The van der Waals surface area contributed by atoms with E-state index in [2.05, 4.69) is 56.3 Å². The molecule has 1 aliphatic carbocycles. The molecule has 1 fully saturated rings. The summed E-state index contributed by atoms with van der Waals surface area (Å²) in [5.74, 6) is 1.23. The minimum Gasteiger partial charge on any atom is -0.506 e. The zero-order valence-electron chi connectivity index (χ0n) is 20.0. The van der Waals surface area contributed by atoms with Crippen molar-refractivity contribution in [3.05, 3.63) is 89.5 Å². The van der Waals surface area contributed by atoms with Crippen LogP contribution in [0.1, 0.15) is 48.3 Å². The highest BCUT2D eigenvalue weighted by Gasteiger charge is 2.24. The molecule has 0 aliphatic heterocycles. The average Bonchev–Trinajstić information content (AvgIpc) is 3.32. The summed E-state index contributed by atoms with van der Waals surface area (Å²) in [6, 6.07) is 21.2. The molecule has 5 rings (SSSR count). The van der Waals surface area contributed by atoms with Gasteiger partial charge in [0.25, 0.3) is 0 Å². The van der Waals surface area contributed by atoms with E-state index in [4.69, 9.17) is 4.98 Å². The van der Waals surface area contributed by atoms with E-state index < -0.39 is 0 Å². The molecule has 0 bridgehead atoms. The quantitative estimate of drug-likeness (QED) is 0.239. The zero-order chi connectivity index (χ0) is 23.9. The number of fused-ring (bicyclic) bond motifs is 1. The summed E-state index contributed by atoms with van der Waals surface area (Å²) in [5.41, 5.74) is 5.29. The van der Waals surface area contributed by atoms with Crippen LogP contribution in [-0.2, 0) is 26.2 Å². The van der Waals surface area contributed by atoms with Gasteiger partial charge in [0.05, 0.1) is 23.3 Å². The van der Waals surface area contributed by atoms with Gasteiger partial charge in [-0.05, 0) is 48.2 Å². The van der Waals surface area contributed by atoms with Crippen molar-refractivity contribution in [3.8, 4) is 5.75 Å². The van der Waals surface area contributed by atoms with Gasteiger partial charge in [-0.2, -0.15) is 0 Å². The number of rotatable bonds is 10. The molecule has 0 saturated heterocycles. The van der Waals surface area contributed by atoms with Crippen molar-refractivity contribution in [1.29, 1.82) is 0 Å². The molecule has 2 aromatic carbocycles. The minimum atomic E-state index is 0.231. The summed E-state index contributed by atoms with van der Waals surface area (Å²) in [4.78, 5) is 12.3. The van der Waals surface area contributed by atoms with E-state index in [9.17, 15) is 5.11 Å². The lowest BCUT2D eigenvalue weighted by molar-refractivity contribution is 0.280. The Labute approximate surface area is 206 Å². The summed E-state index contributed by atoms with van der Waals surface area (Å²) < 4.78 is 0. The van der Waals surface area contributed by atoms with Crippen LogP contribution in [0.25, 0.3) is 11.0 Å². The molecule has 5 N–H and O–H groups in total. The van der Waals surface area contributed by atoms with E-state index in [0.717, 1.165) is 36.5 Å². The fraction of sp³-hybridized carbons (Fsp3) is 0.357. The molecule has 0 unspecified atom stereocenters. The Morgan fingerprint density at radius 1 is 0.800 bits per heavy atom. The van der Waals surface area contributed by atoms with Gasteiger partial charge in [0.1, 0.15) is 11.6 Å². The van der Waals surface area contributed by atoms with Gasteiger partial charge in [-0.25, -0.2) is 4.98 Å². The van der Waals surface area contributed by atoms with E-state index in [0.29, 0.717) is 24.3 Å². The average molecular weight is 471 g/mol. The summed E-state index contributed by atoms with van der Waals surface area (Å²) >= 11 is 0. The summed E-state index contributed by atoms with van der Waals surface area (Å²) in [5, 5.41) is 20.7. The maximum atomic E-state index is 9.83. The number of benzene rings is 2. The highest BCUT2D eigenvalue weighted by atomic mass is 16.3. The minimum absolute atomic E-state index is 0.231. The maximum absolute atomic E-state index is 9.83. The van der Waals surface area contributed by atoms with Crippen LogP contribution < -0.4 is 16.0 Å². The molecule has 0 radical (unpaired) electrons. The topological polar surface area (TPSA) is 97.9 Å². The van der Waals surface area contributed by atoms with Gasteiger partial charge in [0.15, 0.2) is 0 Å². The number of aromatic hydroxyl groups is 1. The van der Waals surface area contributed by atoms with E-state index in [-0.39, 0.29) is 5.75 Å². The molecule has 1 saturated carbocycles. The number of pyridine rings is 1. The molecule has 7 nitrogen and oxygen atoms in total. The normalized spacial score (nSPS) is 18.2. The van der Waals surface area contributed by atoms with E-state index in [1.807, 2.05) is 18.2 Å². The van der Waals surface area contributed by atoms with E-state index in [1.165, 1.54) is 36.8 Å².